The molecule has 0 aliphatic heterocycles. The number of nitro groups is 1. The van der Waals surface area contributed by atoms with E-state index in [1.54, 1.807) is 54.6 Å². The second-order valence-corrected chi connectivity index (χ2v) is 8.20. The Morgan fingerprint density at radius 3 is 2.37 bits per heavy atom. The van der Waals surface area contributed by atoms with Gasteiger partial charge in [-0.3, -0.25) is 14.9 Å². The molecule has 38 heavy (non-hydrogen) atoms. The van der Waals surface area contributed by atoms with Crippen molar-refractivity contribution < 1.29 is 29.0 Å². The van der Waals surface area contributed by atoms with E-state index in [4.69, 9.17) is 14.2 Å². The van der Waals surface area contributed by atoms with E-state index in [1.165, 1.54) is 18.3 Å². The van der Waals surface area contributed by atoms with Crippen molar-refractivity contribution in [1.29, 1.82) is 0 Å². The second kappa shape index (κ2) is 14.3. The summed E-state index contributed by atoms with van der Waals surface area (Å²) in [4.78, 5) is 22.5. The number of rotatable bonds is 14. The predicted octanol–water partition coefficient (Wildman–Crippen LogP) is 4.94. The molecule has 0 radical (unpaired) electrons. The number of carbonyl (C=O) groups excluding carboxylic acids is 1. The summed E-state index contributed by atoms with van der Waals surface area (Å²) in [5, 5.41) is 25.1. The molecule has 0 aliphatic rings. The SMILES string of the molecule is CCOc1ccc([C@H](O)CCC(=O)N/N=C\c2ccc(OCc3ccc([N+](=O)[O-])cc3)c(OCC)c2)cc1. The van der Waals surface area contributed by atoms with Gasteiger partial charge in [-0.2, -0.15) is 5.10 Å². The molecule has 0 spiro atoms. The van der Waals surface area contributed by atoms with E-state index in [-0.39, 0.29) is 31.0 Å². The van der Waals surface area contributed by atoms with Crippen molar-refractivity contribution in [3.63, 3.8) is 0 Å². The fourth-order valence-electron chi connectivity index (χ4n) is 3.49. The highest BCUT2D eigenvalue weighted by atomic mass is 16.6. The average molecular weight is 522 g/mol. The van der Waals surface area contributed by atoms with E-state index in [0.717, 1.165) is 11.3 Å². The number of hydrogen-bond acceptors (Lipinski definition) is 8. The lowest BCUT2D eigenvalue weighted by atomic mass is 10.0. The molecule has 10 nitrogen and oxygen atoms in total. The number of aliphatic hydroxyl groups is 1. The summed E-state index contributed by atoms with van der Waals surface area (Å²) in [7, 11) is 0. The van der Waals surface area contributed by atoms with Gasteiger partial charge in [-0.15, -0.1) is 0 Å². The van der Waals surface area contributed by atoms with E-state index in [9.17, 15) is 20.0 Å². The molecule has 2 N–H and O–H groups in total. The van der Waals surface area contributed by atoms with Crippen molar-refractivity contribution in [3.8, 4) is 17.2 Å². The summed E-state index contributed by atoms with van der Waals surface area (Å²) in [6.07, 6.45) is 1.08. The van der Waals surface area contributed by atoms with Gasteiger partial charge in [0.15, 0.2) is 11.5 Å². The lowest BCUT2D eigenvalue weighted by Gasteiger charge is -2.12. The third kappa shape index (κ3) is 8.59. The normalized spacial score (nSPS) is 11.7. The first-order valence-corrected chi connectivity index (χ1v) is 12.2. The van der Waals surface area contributed by atoms with Crippen LogP contribution < -0.4 is 19.6 Å². The van der Waals surface area contributed by atoms with E-state index in [0.29, 0.717) is 35.8 Å². The fraction of sp³-hybridized carbons (Fsp3) is 0.286. The zero-order chi connectivity index (χ0) is 27.3. The van der Waals surface area contributed by atoms with Gasteiger partial charge in [0.2, 0.25) is 5.91 Å². The molecular weight excluding hydrogens is 490 g/mol. The first-order chi connectivity index (χ1) is 18.4. The lowest BCUT2D eigenvalue weighted by Crippen LogP contribution is -2.18. The molecule has 200 valence electrons. The molecule has 0 aliphatic carbocycles. The van der Waals surface area contributed by atoms with Gasteiger partial charge in [0.25, 0.3) is 5.69 Å². The van der Waals surface area contributed by atoms with Crippen molar-refractivity contribution >= 4 is 17.8 Å². The Morgan fingerprint density at radius 2 is 1.71 bits per heavy atom. The van der Waals surface area contributed by atoms with Crippen LogP contribution in [0.5, 0.6) is 17.2 Å². The van der Waals surface area contributed by atoms with Gasteiger partial charge in [-0.1, -0.05) is 12.1 Å². The number of nitrogens with zero attached hydrogens (tertiary/aromatic N) is 2. The molecule has 0 bridgehead atoms. The van der Waals surface area contributed by atoms with Gasteiger partial charge >= 0.3 is 0 Å². The Balaban J connectivity index is 1.50. The van der Waals surface area contributed by atoms with Gasteiger partial charge in [-0.05, 0) is 79.4 Å². The van der Waals surface area contributed by atoms with Crippen LogP contribution in [0.25, 0.3) is 0 Å². The van der Waals surface area contributed by atoms with Crippen LogP contribution in [0.1, 0.15) is 49.5 Å². The second-order valence-electron chi connectivity index (χ2n) is 8.20. The summed E-state index contributed by atoms with van der Waals surface area (Å²) in [6, 6.07) is 18.5. The summed E-state index contributed by atoms with van der Waals surface area (Å²) in [5.41, 5.74) is 4.66. The summed E-state index contributed by atoms with van der Waals surface area (Å²) < 4.78 is 16.9. The molecule has 0 saturated heterocycles. The summed E-state index contributed by atoms with van der Waals surface area (Å²) >= 11 is 0. The van der Waals surface area contributed by atoms with Gasteiger partial charge in [0, 0.05) is 18.6 Å². The molecule has 0 aromatic heterocycles. The van der Waals surface area contributed by atoms with Crippen molar-refractivity contribution in [2.45, 2.75) is 39.4 Å². The zero-order valence-corrected chi connectivity index (χ0v) is 21.3. The van der Waals surface area contributed by atoms with Crippen LogP contribution in [-0.2, 0) is 11.4 Å². The maximum atomic E-state index is 12.2. The number of hydrogen-bond donors (Lipinski definition) is 2. The van der Waals surface area contributed by atoms with E-state index < -0.39 is 11.0 Å². The van der Waals surface area contributed by atoms with Crippen LogP contribution in [0.3, 0.4) is 0 Å². The minimum absolute atomic E-state index is 0.0169. The summed E-state index contributed by atoms with van der Waals surface area (Å²) in [5.74, 6) is 1.42. The minimum atomic E-state index is -0.771. The lowest BCUT2D eigenvalue weighted by molar-refractivity contribution is -0.384. The van der Waals surface area contributed by atoms with E-state index >= 15 is 0 Å². The number of amides is 1. The smallest absolute Gasteiger partial charge is 0.269 e. The third-order valence-corrected chi connectivity index (χ3v) is 5.43. The quantitative estimate of drug-likeness (QED) is 0.174. The first-order valence-electron chi connectivity index (χ1n) is 12.2. The Labute approximate surface area is 221 Å². The van der Waals surface area contributed by atoms with Gasteiger partial charge in [0.1, 0.15) is 12.4 Å². The van der Waals surface area contributed by atoms with Crippen LogP contribution in [-0.4, -0.2) is 35.4 Å². The number of non-ortho nitro benzene ring substituents is 1. The Kier molecular flexibility index (Phi) is 10.6. The van der Waals surface area contributed by atoms with Crippen molar-refractivity contribution in [2.24, 2.45) is 5.10 Å². The molecule has 3 aromatic rings. The maximum absolute atomic E-state index is 12.2. The van der Waals surface area contributed by atoms with Crippen LogP contribution in [0.15, 0.2) is 71.8 Å². The number of hydrazone groups is 1. The Morgan fingerprint density at radius 1 is 1.00 bits per heavy atom. The first kappa shape index (κ1) is 28.1. The molecule has 1 amide bonds. The van der Waals surface area contributed by atoms with Crippen molar-refractivity contribution in [3.05, 3.63) is 93.5 Å². The molecule has 3 rings (SSSR count). The van der Waals surface area contributed by atoms with Crippen LogP contribution in [0.4, 0.5) is 5.69 Å². The number of nitro benzene ring substituents is 1. The van der Waals surface area contributed by atoms with E-state index in [1.807, 2.05) is 13.8 Å². The largest absolute Gasteiger partial charge is 0.494 e. The monoisotopic (exact) mass is 521 g/mol. The molecule has 1 atom stereocenters. The van der Waals surface area contributed by atoms with Gasteiger partial charge in [0.05, 0.1) is 30.5 Å². The predicted molar refractivity (Wildman–Crippen MR) is 143 cm³/mol. The standard InChI is InChI=1S/C28H31N3O7/c1-3-36-24-12-8-22(9-13-24)25(32)14-16-28(33)30-29-18-21-7-15-26(27(17-21)37-4-2)38-19-20-5-10-23(11-6-20)31(34)35/h5-13,15,17-18,25,32H,3-4,14,16,19H2,1-2H3,(H,30,33)/b29-18-/t25-/m1/s1. The molecule has 0 saturated carbocycles. The number of benzene rings is 3. The molecule has 0 heterocycles. The fourth-order valence-corrected chi connectivity index (χ4v) is 3.49. The number of ether oxygens (including phenoxy) is 3. The van der Waals surface area contributed by atoms with Crippen LogP contribution in [0, 0.1) is 10.1 Å². The van der Waals surface area contributed by atoms with Crippen molar-refractivity contribution in [1.82, 2.24) is 5.43 Å². The minimum Gasteiger partial charge on any atom is -0.494 e. The molecular formula is C28H31N3O7. The maximum Gasteiger partial charge on any atom is 0.269 e. The highest BCUT2D eigenvalue weighted by molar-refractivity contribution is 5.83. The molecule has 0 unspecified atom stereocenters. The molecule has 10 heteroatoms. The molecule has 0 fully saturated rings. The summed E-state index contributed by atoms with van der Waals surface area (Å²) in [6.45, 7) is 4.95. The zero-order valence-electron chi connectivity index (χ0n) is 21.3. The highest BCUT2D eigenvalue weighted by Crippen LogP contribution is 2.29. The third-order valence-electron chi connectivity index (χ3n) is 5.43. The number of carbonyl (C=O) groups is 1. The molecule has 3 aromatic carbocycles. The van der Waals surface area contributed by atoms with Crippen LogP contribution in [0.2, 0.25) is 0 Å². The van der Waals surface area contributed by atoms with Gasteiger partial charge < -0.3 is 19.3 Å². The van der Waals surface area contributed by atoms with E-state index in [2.05, 4.69) is 10.5 Å². The topological polar surface area (TPSA) is 133 Å². The average Bonchev–Trinajstić information content (AvgIpc) is 2.92. The Bertz CT molecular complexity index is 1230. The van der Waals surface area contributed by atoms with Crippen LogP contribution >= 0.6 is 0 Å². The number of nitrogens with one attached hydrogen (secondary N) is 1. The van der Waals surface area contributed by atoms with Crippen molar-refractivity contribution in [2.75, 3.05) is 13.2 Å². The van der Waals surface area contributed by atoms with Gasteiger partial charge in [-0.25, -0.2) is 5.43 Å². The highest BCUT2D eigenvalue weighted by Gasteiger charge is 2.11. The Hall–Kier alpha value is -4.44. The number of aliphatic hydroxyl groups excluding tert-OH is 1.